The highest BCUT2D eigenvalue weighted by Crippen LogP contribution is 2.43. The molecule has 2 heterocycles. The van der Waals surface area contributed by atoms with E-state index in [1.165, 1.54) is 14.2 Å². The quantitative estimate of drug-likeness (QED) is 0.692. The number of Topliss-reactive ketones (excluding diaryl/α,β-unsaturated/α-hetero) is 1. The number of benzene rings is 2. The molecule has 0 bridgehead atoms. The minimum Gasteiger partial charge on any atom is -0.496 e. The Labute approximate surface area is 187 Å². The Morgan fingerprint density at radius 3 is 2.32 bits per heavy atom. The highest BCUT2D eigenvalue weighted by molar-refractivity contribution is 6.32. The highest BCUT2D eigenvalue weighted by Gasteiger charge is 2.45. The van der Waals surface area contributed by atoms with Gasteiger partial charge in [0.05, 0.1) is 26.2 Å². The molecule has 2 aliphatic rings. The second kappa shape index (κ2) is 8.08. The predicted octanol–water partition coefficient (Wildman–Crippen LogP) is 4.61. The van der Waals surface area contributed by atoms with Crippen LogP contribution in [0.3, 0.4) is 0 Å². The molecule has 1 saturated heterocycles. The average Bonchev–Trinajstić information content (AvgIpc) is 2.76. The van der Waals surface area contributed by atoms with Crippen molar-refractivity contribution in [2.75, 3.05) is 27.3 Å². The first-order chi connectivity index (χ1) is 14.8. The van der Waals surface area contributed by atoms with Gasteiger partial charge in [-0.2, -0.15) is 0 Å². The van der Waals surface area contributed by atoms with Crippen molar-refractivity contribution >= 4 is 23.3 Å². The van der Waals surface area contributed by atoms with Gasteiger partial charge in [-0.1, -0.05) is 17.7 Å². The zero-order valence-electron chi connectivity index (χ0n) is 18.2. The van der Waals surface area contributed by atoms with Crippen LogP contribution in [0.1, 0.15) is 51.1 Å². The molecule has 0 aliphatic carbocycles. The SMILES string of the molecule is COc1cccc(OC)c1C(=O)N1CCC2(CC1)CC(=O)c1c(cc(C)c(Cl)c1C)O2. The summed E-state index contributed by atoms with van der Waals surface area (Å²) in [5.74, 6) is 1.45. The molecule has 2 aliphatic heterocycles. The number of rotatable bonds is 3. The van der Waals surface area contributed by atoms with Crippen molar-refractivity contribution in [1.29, 1.82) is 0 Å². The molecular weight excluding hydrogens is 418 g/mol. The molecule has 1 spiro atoms. The summed E-state index contributed by atoms with van der Waals surface area (Å²) < 4.78 is 17.2. The van der Waals surface area contributed by atoms with Crippen LogP contribution in [0.25, 0.3) is 0 Å². The van der Waals surface area contributed by atoms with Gasteiger partial charge in [0.15, 0.2) is 5.78 Å². The lowest BCUT2D eigenvalue weighted by molar-refractivity contribution is -0.00591. The van der Waals surface area contributed by atoms with Gasteiger partial charge in [0.2, 0.25) is 0 Å². The summed E-state index contributed by atoms with van der Waals surface area (Å²) in [4.78, 5) is 28.0. The number of aryl methyl sites for hydroxylation is 1. The Morgan fingerprint density at radius 2 is 1.74 bits per heavy atom. The Kier molecular flexibility index (Phi) is 5.60. The smallest absolute Gasteiger partial charge is 0.261 e. The zero-order valence-corrected chi connectivity index (χ0v) is 19.0. The summed E-state index contributed by atoms with van der Waals surface area (Å²) in [6.07, 6.45) is 1.43. The van der Waals surface area contributed by atoms with Crippen molar-refractivity contribution in [3.05, 3.63) is 51.5 Å². The van der Waals surface area contributed by atoms with Gasteiger partial charge in [0, 0.05) is 31.0 Å². The Morgan fingerprint density at radius 1 is 1.13 bits per heavy atom. The van der Waals surface area contributed by atoms with E-state index in [1.54, 1.807) is 23.1 Å². The topological polar surface area (TPSA) is 65.1 Å². The molecule has 1 amide bonds. The number of hydrogen-bond donors (Lipinski definition) is 0. The lowest BCUT2D eigenvalue weighted by atomic mass is 9.81. The molecule has 31 heavy (non-hydrogen) atoms. The molecule has 1 fully saturated rings. The summed E-state index contributed by atoms with van der Waals surface area (Å²) in [7, 11) is 3.07. The number of hydrogen-bond acceptors (Lipinski definition) is 5. The zero-order chi connectivity index (χ0) is 22.3. The highest BCUT2D eigenvalue weighted by atomic mass is 35.5. The molecular formula is C24H26ClNO5. The van der Waals surface area contributed by atoms with Crippen LogP contribution < -0.4 is 14.2 Å². The van der Waals surface area contributed by atoms with E-state index in [-0.39, 0.29) is 11.7 Å². The number of ketones is 1. The van der Waals surface area contributed by atoms with Gasteiger partial charge in [-0.25, -0.2) is 0 Å². The van der Waals surface area contributed by atoms with Crippen molar-refractivity contribution in [1.82, 2.24) is 4.90 Å². The number of carbonyl (C=O) groups excluding carboxylic acids is 2. The van der Waals surface area contributed by atoms with Crippen LogP contribution >= 0.6 is 11.6 Å². The maximum atomic E-state index is 13.3. The van der Waals surface area contributed by atoms with Crippen molar-refractivity contribution in [2.45, 2.75) is 38.7 Å². The lowest BCUT2D eigenvalue weighted by Crippen LogP contribution is -2.52. The van der Waals surface area contributed by atoms with E-state index in [0.717, 1.165) is 11.1 Å². The first-order valence-corrected chi connectivity index (χ1v) is 10.7. The summed E-state index contributed by atoms with van der Waals surface area (Å²) in [5.41, 5.74) is 2.05. The minimum absolute atomic E-state index is 0.0480. The van der Waals surface area contributed by atoms with Crippen LogP contribution in [0, 0.1) is 13.8 Å². The van der Waals surface area contributed by atoms with Crippen LogP contribution in [0.2, 0.25) is 5.02 Å². The van der Waals surface area contributed by atoms with Crippen LogP contribution in [0.15, 0.2) is 24.3 Å². The minimum atomic E-state index is -0.599. The number of ether oxygens (including phenoxy) is 3. The first-order valence-electron chi connectivity index (χ1n) is 10.3. The van der Waals surface area contributed by atoms with Crippen LogP contribution in [-0.4, -0.2) is 49.5 Å². The molecule has 2 aromatic carbocycles. The molecule has 0 atom stereocenters. The maximum Gasteiger partial charge on any atom is 0.261 e. The summed E-state index contributed by atoms with van der Waals surface area (Å²) in [6.45, 7) is 4.73. The van der Waals surface area contributed by atoms with Crippen LogP contribution in [0.4, 0.5) is 0 Å². The normalized spacial score (nSPS) is 17.2. The third kappa shape index (κ3) is 3.63. The number of carbonyl (C=O) groups is 2. The van der Waals surface area contributed by atoms with Crippen LogP contribution in [0.5, 0.6) is 17.2 Å². The number of piperidine rings is 1. The molecule has 0 radical (unpaired) electrons. The predicted molar refractivity (Wildman–Crippen MR) is 118 cm³/mol. The molecule has 4 rings (SSSR count). The van der Waals surface area contributed by atoms with E-state index < -0.39 is 5.60 Å². The van der Waals surface area contributed by atoms with E-state index in [4.69, 9.17) is 25.8 Å². The molecule has 164 valence electrons. The molecule has 7 heteroatoms. The number of halogens is 1. The Bertz CT molecular complexity index is 1030. The molecule has 6 nitrogen and oxygen atoms in total. The van der Waals surface area contributed by atoms with E-state index in [9.17, 15) is 9.59 Å². The number of methoxy groups -OCH3 is 2. The number of fused-ring (bicyclic) bond motifs is 1. The second-order valence-corrected chi connectivity index (χ2v) is 8.60. The van der Waals surface area contributed by atoms with Gasteiger partial charge in [-0.05, 0) is 43.2 Å². The third-order valence-electron chi connectivity index (χ3n) is 6.34. The fourth-order valence-corrected chi connectivity index (χ4v) is 4.77. The fraction of sp³-hybridized carbons (Fsp3) is 0.417. The maximum absolute atomic E-state index is 13.3. The number of likely N-dealkylation sites (tertiary alicyclic amines) is 1. The summed E-state index contributed by atoms with van der Waals surface area (Å²) >= 11 is 6.35. The molecule has 0 saturated carbocycles. The van der Waals surface area contributed by atoms with Crippen molar-refractivity contribution in [3.63, 3.8) is 0 Å². The van der Waals surface area contributed by atoms with E-state index in [2.05, 4.69) is 0 Å². The van der Waals surface area contributed by atoms with Gasteiger partial charge in [0.25, 0.3) is 5.91 Å². The van der Waals surface area contributed by atoms with Gasteiger partial charge < -0.3 is 19.1 Å². The van der Waals surface area contributed by atoms with Gasteiger partial charge >= 0.3 is 0 Å². The lowest BCUT2D eigenvalue weighted by Gasteiger charge is -2.44. The van der Waals surface area contributed by atoms with E-state index in [1.807, 2.05) is 19.9 Å². The number of amides is 1. The fourth-order valence-electron chi connectivity index (χ4n) is 4.62. The molecule has 0 aromatic heterocycles. The first kappa shape index (κ1) is 21.5. The standard InChI is InChI=1S/C24H26ClNO5/c1-14-12-19-20(15(2)22(14)25)16(27)13-24(31-19)8-10-26(11-9-24)23(28)21-17(29-3)6-5-7-18(21)30-4/h5-7,12H,8-11,13H2,1-4H3. The third-order valence-corrected chi connectivity index (χ3v) is 6.92. The molecule has 0 unspecified atom stereocenters. The Balaban J connectivity index is 1.56. The number of nitrogens with zero attached hydrogens (tertiary/aromatic N) is 1. The molecule has 2 aromatic rings. The van der Waals surface area contributed by atoms with Crippen LogP contribution in [-0.2, 0) is 0 Å². The van der Waals surface area contributed by atoms with Gasteiger partial charge in [0.1, 0.15) is 28.4 Å². The van der Waals surface area contributed by atoms with E-state index in [0.29, 0.717) is 65.8 Å². The summed E-state index contributed by atoms with van der Waals surface area (Å²) in [6, 6.07) is 7.13. The van der Waals surface area contributed by atoms with Crippen molar-refractivity contribution in [2.24, 2.45) is 0 Å². The average molecular weight is 444 g/mol. The monoisotopic (exact) mass is 443 g/mol. The summed E-state index contributed by atoms with van der Waals surface area (Å²) in [5, 5.41) is 0.609. The van der Waals surface area contributed by atoms with E-state index >= 15 is 0 Å². The Hall–Kier alpha value is -2.73. The van der Waals surface area contributed by atoms with Gasteiger partial charge in [-0.3, -0.25) is 9.59 Å². The van der Waals surface area contributed by atoms with Crippen molar-refractivity contribution < 1.29 is 23.8 Å². The molecule has 0 N–H and O–H groups in total. The van der Waals surface area contributed by atoms with Crippen molar-refractivity contribution in [3.8, 4) is 17.2 Å². The largest absolute Gasteiger partial charge is 0.496 e. The van der Waals surface area contributed by atoms with Gasteiger partial charge in [-0.15, -0.1) is 0 Å². The second-order valence-electron chi connectivity index (χ2n) is 8.22.